The van der Waals surface area contributed by atoms with Crippen LogP contribution in [0.3, 0.4) is 0 Å². The fraction of sp³-hybridized carbons (Fsp3) is 0.100. The van der Waals surface area contributed by atoms with Crippen LogP contribution < -0.4 is 4.72 Å². The van der Waals surface area contributed by atoms with Crippen molar-refractivity contribution >= 4 is 32.0 Å². The number of rotatable bonds is 3. The maximum atomic E-state index is 12.9. The monoisotopic (exact) mass is 334 g/mol. The molecule has 1 aromatic heterocycles. The van der Waals surface area contributed by atoms with Gasteiger partial charge in [-0.25, -0.2) is 17.5 Å². The molecular formula is C10H8BrFN2O3S. The molecule has 0 aliphatic heterocycles. The molecule has 0 radical (unpaired) electrons. The Bertz CT molecular complexity index is 684. The number of aryl methyl sites for hydroxylation is 1. The molecule has 0 aliphatic rings. The number of sulfonamides is 1. The van der Waals surface area contributed by atoms with Crippen molar-refractivity contribution in [3.05, 3.63) is 40.4 Å². The second-order valence-electron chi connectivity index (χ2n) is 3.47. The van der Waals surface area contributed by atoms with Gasteiger partial charge >= 0.3 is 6.01 Å². The fourth-order valence-corrected chi connectivity index (χ4v) is 3.25. The first-order chi connectivity index (χ1) is 8.38. The Hall–Kier alpha value is -1.41. The standard InChI is InChI=1S/C10H8BrFN2O3S/c1-6-5-17-10(13-6)14-18(15,16)9-3-2-7(12)4-8(9)11/h2-5H,1H3,(H,13,14). The second-order valence-corrected chi connectivity index (χ2v) is 5.98. The molecule has 8 heteroatoms. The maximum Gasteiger partial charge on any atom is 0.309 e. The predicted molar refractivity (Wildman–Crippen MR) is 66.1 cm³/mol. The van der Waals surface area contributed by atoms with Crippen LogP contribution in [0.4, 0.5) is 10.4 Å². The van der Waals surface area contributed by atoms with Crippen molar-refractivity contribution in [3.63, 3.8) is 0 Å². The van der Waals surface area contributed by atoms with E-state index >= 15 is 0 Å². The van der Waals surface area contributed by atoms with Gasteiger partial charge in [-0.1, -0.05) is 0 Å². The molecule has 0 amide bonds. The number of nitrogens with zero attached hydrogens (tertiary/aromatic N) is 1. The van der Waals surface area contributed by atoms with Gasteiger partial charge in [0.1, 0.15) is 17.0 Å². The number of hydrogen-bond donors (Lipinski definition) is 1. The third-order valence-electron chi connectivity index (χ3n) is 2.02. The van der Waals surface area contributed by atoms with Crippen LogP contribution in [0.25, 0.3) is 0 Å². The summed E-state index contributed by atoms with van der Waals surface area (Å²) < 4.78 is 44.0. The van der Waals surface area contributed by atoms with Crippen LogP contribution in [-0.4, -0.2) is 13.4 Å². The lowest BCUT2D eigenvalue weighted by molar-refractivity contribution is 0.569. The SMILES string of the molecule is Cc1coc(NS(=O)(=O)c2ccc(F)cc2Br)n1. The summed E-state index contributed by atoms with van der Waals surface area (Å²) >= 11 is 2.99. The molecule has 0 aliphatic carbocycles. The van der Waals surface area contributed by atoms with Crippen molar-refractivity contribution in [2.45, 2.75) is 11.8 Å². The molecule has 2 rings (SSSR count). The largest absolute Gasteiger partial charge is 0.431 e. The zero-order valence-corrected chi connectivity index (χ0v) is 11.5. The van der Waals surface area contributed by atoms with Crippen molar-refractivity contribution in [3.8, 4) is 0 Å². The highest BCUT2D eigenvalue weighted by atomic mass is 79.9. The molecule has 2 aromatic rings. The molecule has 0 saturated heterocycles. The Morgan fingerprint density at radius 3 is 2.72 bits per heavy atom. The Labute approximate surface area is 111 Å². The Balaban J connectivity index is 2.36. The van der Waals surface area contributed by atoms with Crippen LogP contribution in [0.2, 0.25) is 0 Å². The van der Waals surface area contributed by atoms with Crippen LogP contribution in [0, 0.1) is 12.7 Å². The van der Waals surface area contributed by atoms with Gasteiger partial charge in [-0.3, -0.25) is 0 Å². The lowest BCUT2D eigenvalue weighted by atomic mass is 10.3. The highest BCUT2D eigenvalue weighted by Gasteiger charge is 2.20. The third-order valence-corrected chi connectivity index (χ3v) is 4.32. The van der Waals surface area contributed by atoms with Crippen molar-refractivity contribution in [2.75, 3.05) is 4.72 Å². The summed E-state index contributed by atoms with van der Waals surface area (Å²) in [5.74, 6) is -0.534. The van der Waals surface area contributed by atoms with Gasteiger partial charge in [0.05, 0.1) is 5.69 Å². The van der Waals surface area contributed by atoms with Crippen LogP contribution in [0.1, 0.15) is 5.69 Å². The fourth-order valence-electron chi connectivity index (χ4n) is 1.26. The van der Waals surface area contributed by atoms with Crippen LogP contribution in [0.15, 0.2) is 38.2 Å². The Morgan fingerprint density at radius 2 is 2.17 bits per heavy atom. The summed E-state index contributed by atoms with van der Waals surface area (Å²) in [6.45, 7) is 1.66. The number of benzene rings is 1. The normalized spacial score (nSPS) is 11.5. The summed E-state index contributed by atoms with van der Waals surface area (Å²) in [6, 6.07) is 3.14. The van der Waals surface area contributed by atoms with E-state index in [4.69, 9.17) is 4.42 Å². The van der Waals surface area contributed by atoms with E-state index in [1.165, 1.54) is 6.26 Å². The number of oxazole rings is 1. The van der Waals surface area contributed by atoms with Gasteiger partial charge in [-0.05, 0) is 41.1 Å². The van der Waals surface area contributed by atoms with Crippen molar-refractivity contribution in [1.82, 2.24) is 4.98 Å². The number of anilines is 1. The van der Waals surface area contributed by atoms with E-state index in [0.717, 1.165) is 18.2 Å². The van der Waals surface area contributed by atoms with E-state index < -0.39 is 15.8 Å². The van der Waals surface area contributed by atoms with Crippen molar-refractivity contribution in [1.29, 1.82) is 0 Å². The van der Waals surface area contributed by atoms with Gasteiger partial charge in [0.2, 0.25) is 0 Å². The van der Waals surface area contributed by atoms with Crippen molar-refractivity contribution < 1.29 is 17.2 Å². The topological polar surface area (TPSA) is 72.2 Å². The molecule has 5 nitrogen and oxygen atoms in total. The van der Waals surface area contributed by atoms with Crippen LogP contribution in [0.5, 0.6) is 0 Å². The molecular weight excluding hydrogens is 327 g/mol. The first-order valence-corrected chi connectivity index (χ1v) is 7.06. The van der Waals surface area contributed by atoms with E-state index in [0.29, 0.717) is 5.69 Å². The number of nitrogens with one attached hydrogen (secondary N) is 1. The Kier molecular flexibility index (Phi) is 3.40. The third kappa shape index (κ3) is 2.70. The molecule has 1 N–H and O–H groups in total. The van der Waals surface area contributed by atoms with Gasteiger partial charge in [0, 0.05) is 4.47 Å². The molecule has 1 aromatic carbocycles. The van der Waals surface area contributed by atoms with Crippen molar-refractivity contribution in [2.24, 2.45) is 0 Å². The number of hydrogen-bond acceptors (Lipinski definition) is 4. The highest BCUT2D eigenvalue weighted by molar-refractivity contribution is 9.10. The summed E-state index contributed by atoms with van der Waals surface area (Å²) in [5.41, 5.74) is 0.547. The zero-order chi connectivity index (χ0) is 13.3. The molecule has 0 saturated carbocycles. The lowest BCUT2D eigenvalue weighted by Gasteiger charge is -2.06. The minimum absolute atomic E-state index is 0.0975. The van der Waals surface area contributed by atoms with E-state index in [2.05, 4.69) is 25.6 Å². The molecule has 0 fully saturated rings. The molecule has 96 valence electrons. The smallest absolute Gasteiger partial charge is 0.309 e. The minimum atomic E-state index is -3.87. The molecule has 0 spiro atoms. The molecule has 1 heterocycles. The minimum Gasteiger partial charge on any atom is -0.431 e. The summed E-state index contributed by atoms with van der Waals surface area (Å²) in [7, 11) is -3.87. The molecule has 18 heavy (non-hydrogen) atoms. The van der Waals surface area contributed by atoms with E-state index in [1.807, 2.05) is 0 Å². The average Bonchev–Trinajstić information content (AvgIpc) is 2.62. The van der Waals surface area contributed by atoms with E-state index in [-0.39, 0.29) is 15.4 Å². The quantitative estimate of drug-likeness (QED) is 0.936. The highest BCUT2D eigenvalue weighted by Crippen LogP contribution is 2.24. The number of halogens is 2. The first kappa shape index (κ1) is 13.0. The summed E-state index contributed by atoms with van der Waals surface area (Å²) in [5, 5.41) is 0. The van der Waals surface area contributed by atoms with Gasteiger partial charge in [-0.2, -0.15) is 4.98 Å². The van der Waals surface area contributed by atoms with E-state index in [1.54, 1.807) is 6.92 Å². The molecule has 0 bridgehead atoms. The van der Waals surface area contributed by atoms with Crippen LogP contribution >= 0.6 is 15.9 Å². The summed E-state index contributed by atoms with van der Waals surface area (Å²) in [4.78, 5) is 3.72. The molecule has 0 unspecified atom stereocenters. The Morgan fingerprint density at radius 1 is 1.44 bits per heavy atom. The van der Waals surface area contributed by atoms with Gasteiger partial charge in [0.15, 0.2) is 0 Å². The lowest BCUT2D eigenvalue weighted by Crippen LogP contribution is -2.13. The second kappa shape index (κ2) is 4.69. The van der Waals surface area contributed by atoms with E-state index in [9.17, 15) is 12.8 Å². The maximum absolute atomic E-state index is 12.9. The number of aromatic nitrogens is 1. The predicted octanol–water partition coefficient (Wildman–Crippen LogP) is 2.69. The van der Waals surface area contributed by atoms with Gasteiger partial charge in [0.25, 0.3) is 10.0 Å². The zero-order valence-electron chi connectivity index (χ0n) is 9.15. The molecule has 0 atom stereocenters. The van der Waals surface area contributed by atoms with Crippen LogP contribution in [-0.2, 0) is 10.0 Å². The summed E-state index contributed by atoms with van der Waals surface area (Å²) in [6.07, 6.45) is 1.32. The first-order valence-electron chi connectivity index (χ1n) is 4.78. The van der Waals surface area contributed by atoms with Gasteiger partial charge in [-0.15, -0.1) is 0 Å². The van der Waals surface area contributed by atoms with Gasteiger partial charge < -0.3 is 4.42 Å². The average molecular weight is 335 g/mol.